The van der Waals surface area contributed by atoms with Crippen LogP contribution in [0.3, 0.4) is 0 Å². The summed E-state index contributed by atoms with van der Waals surface area (Å²) in [5.41, 5.74) is 1.80. The summed E-state index contributed by atoms with van der Waals surface area (Å²) in [7, 11) is 1.30. The summed E-state index contributed by atoms with van der Waals surface area (Å²) in [6.45, 7) is 2.87. The number of nitrogens with zero attached hydrogens (tertiary/aromatic N) is 1. The number of benzene rings is 1. The van der Waals surface area contributed by atoms with Gasteiger partial charge in [0.15, 0.2) is 0 Å². The molecule has 0 spiro atoms. The Kier molecular flexibility index (Phi) is 5.70. The Bertz CT molecular complexity index is 810. The number of halogens is 2. The lowest BCUT2D eigenvalue weighted by molar-refractivity contribution is -0.136. The maximum atomic E-state index is 13.0. The smallest absolute Gasteiger partial charge is 0.340 e. The van der Waals surface area contributed by atoms with Gasteiger partial charge >= 0.3 is 5.97 Å². The first-order chi connectivity index (χ1) is 12.4. The van der Waals surface area contributed by atoms with Gasteiger partial charge in [-0.15, -0.1) is 0 Å². The summed E-state index contributed by atoms with van der Waals surface area (Å²) in [6.07, 6.45) is 3.49. The van der Waals surface area contributed by atoms with Gasteiger partial charge in [0, 0.05) is 12.3 Å². The van der Waals surface area contributed by atoms with Crippen molar-refractivity contribution in [3.05, 3.63) is 50.7 Å². The third-order valence-electron chi connectivity index (χ3n) is 4.57. The van der Waals surface area contributed by atoms with Crippen LogP contribution in [0.15, 0.2) is 35.0 Å². The van der Waals surface area contributed by atoms with Crippen molar-refractivity contribution in [1.82, 2.24) is 4.90 Å². The van der Waals surface area contributed by atoms with Gasteiger partial charge in [0.05, 0.1) is 40.9 Å². The standard InChI is InChI=1S/C19H19Cl2NO4/c1-11-17(19(24)25-2)14(8-12-5-6-15(20)16(21)9-12)18(23)22(11)10-13-4-3-7-26-13/h5-6,8-9,13H,3-4,7,10H2,1-2H3/b14-8-. The van der Waals surface area contributed by atoms with Gasteiger partial charge in [-0.2, -0.15) is 0 Å². The van der Waals surface area contributed by atoms with Gasteiger partial charge in [-0.25, -0.2) is 4.79 Å². The van der Waals surface area contributed by atoms with Gasteiger partial charge in [0.1, 0.15) is 0 Å². The van der Waals surface area contributed by atoms with Crippen molar-refractivity contribution in [2.75, 3.05) is 20.3 Å². The van der Waals surface area contributed by atoms with Crippen molar-refractivity contribution in [1.29, 1.82) is 0 Å². The molecule has 0 radical (unpaired) electrons. The highest BCUT2D eigenvalue weighted by molar-refractivity contribution is 6.42. The van der Waals surface area contributed by atoms with E-state index in [-0.39, 0.29) is 23.2 Å². The molecule has 2 heterocycles. The van der Waals surface area contributed by atoms with Crippen LogP contribution in [-0.2, 0) is 19.1 Å². The van der Waals surface area contributed by atoms with Gasteiger partial charge in [-0.3, -0.25) is 4.79 Å². The number of esters is 1. The zero-order valence-corrected chi connectivity index (χ0v) is 16.1. The molecule has 1 aromatic rings. The molecule has 5 nitrogen and oxygen atoms in total. The van der Waals surface area contributed by atoms with Crippen molar-refractivity contribution < 1.29 is 19.1 Å². The molecule has 0 N–H and O–H groups in total. The lowest BCUT2D eigenvalue weighted by atomic mass is 10.0. The molecule has 0 aromatic heterocycles. The molecule has 1 unspecified atom stereocenters. The van der Waals surface area contributed by atoms with Crippen LogP contribution in [0.2, 0.25) is 10.0 Å². The predicted molar refractivity (Wildman–Crippen MR) is 99.8 cm³/mol. The fourth-order valence-corrected chi connectivity index (χ4v) is 3.52. The van der Waals surface area contributed by atoms with Crippen LogP contribution < -0.4 is 0 Å². The summed E-state index contributed by atoms with van der Waals surface area (Å²) >= 11 is 12.0. The van der Waals surface area contributed by atoms with E-state index in [1.165, 1.54) is 7.11 Å². The minimum atomic E-state index is -0.544. The van der Waals surface area contributed by atoms with E-state index in [0.717, 1.165) is 12.8 Å². The third kappa shape index (κ3) is 3.65. The van der Waals surface area contributed by atoms with E-state index in [2.05, 4.69) is 0 Å². The van der Waals surface area contributed by atoms with Gasteiger partial charge in [-0.1, -0.05) is 29.3 Å². The van der Waals surface area contributed by atoms with Crippen molar-refractivity contribution in [2.45, 2.75) is 25.9 Å². The lowest BCUT2D eigenvalue weighted by Crippen LogP contribution is -2.33. The molecule has 1 amide bonds. The maximum absolute atomic E-state index is 13.0. The van der Waals surface area contributed by atoms with Crippen LogP contribution in [0.25, 0.3) is 6.08 Å². The van der Waals surface area contributed by atoms with Crippen LogP contribution in [0.5, 0.6) is 0 Å². The average Bonchev–Trinajstić information content (AvgIpc) is 3.21. The molecule has 0 saturated carbocycles. The number of ether oxygens (including phenoxy) is 2. The Labute approximate surface area is 162 Å². The molecule has 0 aliphatic carbocycles. The maximum Gasteiger partial charge on any atom is 0.340 e. The molecule has 7 heteroatoms. The van der Waals surface area contributed by atoms with Crippen molar-refractivity contribution in [2.24, 2.45) is 0 Å². The van der Waals surface area contributed by atoms with Crippen LogP contribution in [-0.4, -0.2) is 43.1 Å². The second-order valence-electron chi connectivity index (χ2n) is 6.23. The normalized spacial score (nSPS) is 21.8. The number of allylic oxidation sites excluding steroid dienone is 1. The van der Waals surface area contributed by atoms with E-state index in [4.69, 9.17) is 32.7 Å². The lowest BCUT2D eigenvalue weighted by Gasteiger charge is -2.21. The number of amides is 1. The Morgan fingerprint density at radius 2 is 2.15 bits per heavy atom. The SMILES string of the molecule is COC(=O)C1=C(C)N(CC2CCCO2)C(=O)/C1=C\c1ccc(Cl)c(Cl)c1. The fourth-order valence-electron chi connectivity index (χ4n) is 3.21. The van der Waals surface area contributed by atoms with Crippen LogP contribution >= 0.6 is 23.2 Å². The average molecular weight is 396 g/mol. The first-order valence-electron chi connectivity index (χ1n) is 8.32. The number of rotatable bonds is 4. The third-order valence-corrected chi connectivity index (χ3v) is 5.30. The molecule has 0 bridgehead atoms. The van der Waals surface area contributed by atoms with Gasteiger partial charge in [0.2, 0.25) is 0 Å². The number of carbonyl (C=O) groups is 2. The van der Waals surface area contributed by atoms with Crippen LogP contribution in [0.1, 0.15) is 25.3 Å². The van der Waals surface area contributed by atoms with E-state index >= 15 is 0 Å². The summed E-state index contributed by atoms with van der Waals surface area (Å²) in [5.74, 6) is -0.790. The molecule has 3 rings (SSSR count). The quantitative estimate of drug-likeness (QED) is 0.573. The molecular weight excluding hydrogens is 377 g/mol. The topological polar surface area (TPSA) is 55.8 Å². The van der Waals surface area contributed by atoms with E-state index in [9.17, 15) is 9.59 Å². The van der Waals surface area contributed by atoms with Crippen LogP contribution in [0, 0.1) is 0 Å². The number of carbonyl (C=O) groups excluding carboxylic acids is 2. The van der Waals surface area contributed by atoms with E-state index in [0.29, 0.717) is 34.5 Å². The highest BCUT2D eigenvalue weighted by Crippen LogP contribution is 2.33. The van der Waals surface area contributed by atoms with Crippen molar-refractivity contribution in [3.8, 4) is 0 Å². The van der Waals surface area contributed by atoms with Crippen molar-refractivity contribution in [3.63, 3.8) is 0 Å². The first kappa shape index (κ1) is 19.0. The van der Waals surface area contributed by atoms with Crippen molar-refractivity contribution >= 4 is 41.2 Å². The molecule has 1 aromatic carbocycles. The number of hydrogen-bond acceptors (Lipinski definition) is 4. The van der Waals surface area contributed by atoms with E-state index in [1.807, 2.05) is 0 Å². The number of methoxy groups -OCH3 is 1. The summed E-state index contributed by atoms with van der Waals surface area (Å²) in [4.78, 5) is 26.9. The summed E-state index contributed by atoms with van der Waals surface area (Å²) in [5, 5.41) is 0.800. The highest BCUT2D eigenvalue weighted by atomic mass is 35.5. The molecule has 138 valence electrons. The van der Waals surface area contributed by atoms with Crippen LogP contribution in [0.4, 0.5) is 0 Å². The fraction of sp³-hybridized carbons (Fsp3) is 0.368. The highest BCUT2D eigenvalue weighted by Gasteiger charge is 2.38. The first-order valence-corrected chi connectivity index (χ1v) is 9.07. The minimum Gasteiger partial charge on any atom is -0.465 e. The Hall–Kier alpha value is -1.82. The molecule has 26 heavy (non-hydrogen) atoms. The minimum absolute atomic E-state index is 0.0166. The number of hydrogen-bond donors (Lipinski definition) is 0. The largest absolute Gasteiger partial charge is 0.465 e. The van der Waals surface area contributed by atoms with Gasteiger partial charge < -0.3 is 14.4 Å². The predicted octanol–water partition coefficient (Wildman–Crippen LogP) is 3.85. The zero-order chi connectivity index (χ0) is 18.8. The Morgan fingerprint density at radius 3 is 2.77 bits per heavy atom. The zero-order valence-electron chi connectivity index (χ0n) is 14.6. The Balaban J connectivity index is 1.99. The van der Waals surface area contributed by atoms with Gasteiger partial charge in [0.25, 0.3) is 5.91 Å². The Morgan fingerprint density at radius 1 is 1.38 bits per heavy atom. The summed E-state index contributed by atoms with van der Waals surface area (Å²) in [6, 6.07) is 5.03. The monoisotopic (exact) mass is 395 g/mol. The van der Waals surface area contributed by atoms with Gasteiger partial charge in [-0.05, 0) is 43.5 Å². The summed E-state index contributed by atoms with van der Waals surface area (Å²) < 4.78 is 10.5. The molecule has 2 aliphatic heterocycles. The van der Waals surface area contributed by atoms with E-state index in [1.54, 1.807) is 36.1 Å². The van der Waals surface area contributed by atoms with E-state index < -0.39 is 5.97 Å². The molecule has 2 aliphatic rings. The second kappa shape index (κ2) is 7.82. The molecule has 1 saturated heterocycles. The second-order valence-corrected chi connectivity index (χ2v) is 7.05. The molecule has 1 atom stereocenters. The molecular formula is C19H19Cl2NO4. The molecule has 1 fully saturated rings.